The molecule has 0 amide bonds. The van der Waals surface area contributed by atoms with Crippen LogP contribution in [0.4, 0.5) is 0 Å². The number of rotatable bonds is 3. The summed E-state index contributed by atoms with van der Waals surface area (Å²) in [4.78, 5) is 0. The van der Waals surface area contributed by atoms with Crippen LogP contribution in [-0.4, -0.2) is 5.16 Å². The molecule has 0 bridgehead atoms. The number of nitrogens with zero attached hydrogens (tertiary/aromatic N) is 1. The maximum Gasteiger partial charge on any atom is 0.154 e. The lowest BCUT2D eigenvalue weighted by molar-refractivity contribution is 0.360. The molecule has 2 rings (SSSR count). The lowest BCUT2D eigenvalue weighted by Crippen LogP contribution is -2.06. The highest BCUT2D eigenvalue weighted by molar-refractivity contribution is 6.30. The van der Waals surface area contributed by atoms with Crippen molar-refractivity contribution in [2.24, 2.45) is 5.73 Å². The first-order valence-corrected chi connectivity index (χ1v) is 5.56. The molecule has 0 aliphatic rings. The fourth-order valence-electron chi connectivity index (χ4n) is 1.45. The molecule has 0 saturated carbocycles. The van der Waals surface area contributed by atoms with Gasteiger partial charge in [-0.25, -0.2) is 0 Å². The van der Waals surface area contributed by atoms with Crippen molar-refractivity contribution >= 4 is 11.6 Å². The van der Waals surface area contributed by atoms with Gasteiger partial charge < -0.3 is 10.3 Å². The second kappa shape index (κ2) is 4.68. The molecule has 0 radical (unpaired) electrons. The van der Waals surface area contributed by atoms with E-state index in [1.165, 1.54) is 0 Å². The Labute approximate surface area is 99.2 Å². The van der Waals surface area contributed by atoms with Crippen LogP contribution in [0.2, 0.25) is 5.02 Å². The molecule has 1 aromatic carbocycles. The van der Waals surface area contributed by atoms with Crippen LogP contribution in [0.5, 0.6) is 0 Å². The molecule has 84 valence electrons. The van der Waals surface area contributed by atoms with Crippen molar-refractivity contribution in [3.05, 3.63) is 41.1 Å². The summed E-state index contributed by atoms with van der Waals surface area (Å²) in [7, 11) is 0. The van der Waals surface area contributed by atoms with Gasteiger partial charge in [0, 0.05) is 16.7 Å². The number of aromatic nitrogens is 1. The van der Waals surface area contributed by atoms with Gasteiger partial charge in [-0.2, -0.15) is 0 Å². The molecule has 3 nitrogen and oxygen atoms in total. The third-order valence-corrected chi connectivity index (χ3v) is 2.69. The maximum absolute atomic E-state index is 5.91. The summed E-state index contributed by atoms with van der Waals surface area (Å²) in [6.45, 7) is 2.01. The van der Waals surface area contributed by atoms with Gasteiger partial charge in [0.2, 0.25) is 0 Å². The maximum atomic E-state index is 5.91. The van der Waals surface area contributed by atoms with E-state index >= 15 is 0 Å². The number of hydrogen-bond acceptors (Lipinski definition) is 3. The number of hydrogen-bond donors (Lipinski definition) is 1. The van der Waals surface area contributed by atoms with E-state index in [2.05, 4.69) is 5.16 Å². The summed E-state index contributed by atoms with van der Waals surface area (Å²) in [5, 5.41) is 4.67. The van der Waals surface area contributed by atoms with Crippen molar-refractivity contribution in [2.75, 3.05) is 0 Å². The van der Waals surface area contributed by atoms with Gasteiger partial charge in [0.05, 0.1) is 6.04 Å². The molecular weight excluding hydrogens is 224 g/mol. The Morgan fingerprint density at radius 1 is 1.44 bits per heavy atom. The molecule has 2 aromatic rings. The topological polar surface area (TPSA) is 52.0 Å². The monoisotopic (exact) mass is 236 g/mol. The van der Waals surface area contributed by atoms with Crippen LogP contribution in [0.15, 0.2) is 34.9 Å². The summed E-state index contributed by atoms with van der Waals surface area (Å²) in [5.41, 5.74) is 7.56. The highest BCUT2D eigenvalue weighted by Crippen LogP contribution is 2.24. The minimum atomic E-state index is -0.0968. The Hall–Kier alpha value is -1.32. The molecule has 4 heteroatoms. The Balaban J connectivity index is 2.31. The predicted molar refractivity (Wildman–Crippen MR) is 64.2 cm³/mol. The zero-order valence-corrected chi connectivity index (χ0v) is 9.74. The van der Waals surface area contributed by atoms with Crippen LogP contribution in [0.1, 0.15) is 25.1 Å². The van der Waals surface area contributed by atoms with E-state index in [1.807, 2.05) is 37.3 Å². The van der Waals surface area contributed by atoms with Gasteiger partial charge in [-0.3, -0.25) is 0 Å². The molecule has 16 heavy (non-hydrogen) atoms. The van der Waals surface area contributed by atoms with Gasteiger partial charge >= 0.3 is 0 Å². The third kappa shape index (κ3) is 2.26. The van der Waals surface area contributed by atoms with Gasteiger partial charge in [0.15, 0.2) is 5.76 Å². The van der Waals surface area contributed by atoms with Crippen LogP contribution in [0, 0.1) is 0 Å². The van der Waals surface area contributed by atoms with Gasteiger partial charge in [0.1, 0.15) is 5.69 Å². The fraction of sp³-hybridized carbons (Fsp3) is 0.250. The molecule has 0 saturated heterocycles. The Bertz CT molecular complexity index is 481. The quantitative estimate of drug-likeness (QED) is 0.889. The Morgan fingerprint density at radius 2 is 2.25 bits per heavy atom. The number of nitrogens with two attached hydrogens (primary N) is 1. The first kappa shape index (κ1) is 11.2. The number of benzene rings is 1. The zero-order valence-electron chi connectivity index (χ0n) is 8.98. The SMILES string of the molecule is CCC(N)c1cc(-c2cccc(Cl)c2)no1. The summed E-state index contributed by atoms with van der Waals surface area (Å²) in [6, 6.07) is 9.25. The van der Waals surface area contributed by atoms with Gasteiger partial charge in [0.25, 0.3) is 0 Å². The molecule has 0 spiro atoms. The minimum absolute atomic E-state index is 0.0968. The average molecular weight is 237 g/mol. The van der Waals surface area contributed by atoms with Crippen LogP contribution in [0.3, 0.4) is 0 Å². The predicted octanol–water partition coefficient (Wildman–Crippen LogP) is 3.40. The van der Waals surface area contributed by atoms with Crippen LogP contribution >= 0.6 is 11.6 Å². The van der Waals surface area contributed by atoms with E-state index < -0.39 is 0 Å². The van der Waals surface area contributed by atoms with E-state index in [0.29, 0.717) is 10.8 Å². The van der Waals surface area contributed by atoms with Crippen LogP contribution < -0.4 is 5.73 Å². The van der Waals surface area contributed by atoms with Crippen molar-refractivity contribution in [1.82, 2.24) is 5.16 Å². The highest BCUT2D eigenvalue weighted by Gasteiger charge is 2.11. The summed E-state index contributed by atoms with van der Waals surface area (Å²) in [6.07, 6.45) is 0.824. The van der Waals surface area contributed by atoms with Crippen molar-refractivity contribution < 1.29 is 4.52 Å². The van der Waals surface area contributed by atoms with E-state index in [9.17, 15) is 0 Å². The number of halogens is 1. The molecular formula is C12H13ClN2O. The smallest absolute Gasteiger partial charge is 0.154 e. The largest absolute Gasteiger partial charge is 0.359 e. The molecule has 1 unspecified atom stereocenters. The normalized spacial score (nSPS) is 12.7. The fourth-order valence-corrected chi connectivity index (χ4v) is 1.64. The van der Waals surface area contributed by atoms with E-state index in [-0.39, 0.29) is 6.04 Å². The van der Waals surface area contributed by atoms with E-state index in [1.54, 1.807) is 0 Å². The van der Waals surface area contributed by atoms with Gasteiger partial charge in [-0.05, 0) is 18.6 Å². The average Bonchev–Trinajstić information content (AvgIpc) is 2.77. The highest BCUT2D eigenvalue weighted by atomic mass is 35.5. The second-order valence-electron chi connectivity index (χ2n) is 3.64. The van der Waals surface area contributed by atoms with E-state index in [4.69, 9.17) is 21.9 Å². The summed E-state index contributed by atoms with van der Waals surface area (Å²) in [5.74, 6) is 0.706. The van der Waals surface area contributed by atoms with Gasteiger partial charge in [-0.15, -0.1) is 0 Å². The van der Waals surface area contributed by atoms with Crippen LogP contribution in [0.25, 0.3) is 11.3 Å². The Kier molecular flexibility index (Phi) is 3.27. The zero-order chi connectivity index (χ0) is 11.5. The van der Waals surface area contributed by atoms with E-state index in [0.717, 1.165) is 17.7 Å². The van der Waals surface area contributed by atoms with Crippen molar-refractivity contribution in [1.29, 1.82) is 0 Å². The molecule has 1 heterocycles. The van der Waals surface area contributed by atoms with Crippen molar-refractivity contribution in [3.8, 4) is 11.3 Å². The second-order valence-corrected chi connectivity index (χ2v) is 4.08. The molecule has 2 N–H and O–H groups in total. The minimum Gasteiger partial charge on any atom is -0.359 e. The third-order valence-electron chi connectivity index (χ3n) is 2.45. The Morgan fingerprint density at radius 3 is 2.94 bits per heavy atom. The first-order chi connectivity index (χ1) is 7.70. The molecule has 0 fully saturated rings. The molecule has 1 aromatic heterocycles. The standard InChI is InChI=1S/C12H13ClN2O/c1-2-10(14)12-7-11(15-16-12)8-4-3-5-9(13)6-8/h3-7,10H,2,14H2,1H3. The van der Waals surface area contributed by atoms with Crippen molar-refractivity contribution in [2.45, 2.75) is 19.4 Å². The lowest BCUT2D eigenvalue weighted by atomic mass is 10.1. The lowest BCUT2D eigenvalue weighted by Gasteiger charge is -2.00. The first-order valence-electron chi connectivity index (χ1n) is 5.19. The van der Waals surface area contributed by atoms with Gasteiger partial charge in [-0.1, -0.05) is 35.8 Å². The summed E-state index contributed by atoms with van der Waals surface area (Å²) < 4.78 is 5.19. The van der Waals surface area contributed by atoms with Crippen LogP contribution in [-0.2, 0) is 0 Å². The summed E-state index contributed by atoms with van der Waals surface area (Å²) >= 11 is 5.91. The molecule has 0 aliphatic carbocycles. The molecule has 1 atom stereocenters. The molecule has 0 aliphatic heterocycles. The van der Waals surface area contributed by atoms with Crippen molar-refractivity contribution in [3.63, 3.8) is 0 Å².